The summed E-state index contributed by atoms with van der Waals surface area (Å²) in [5.74, 6) is 4.09. The van der Waals surface area contributed by atoms with Crippen LogP contribution in [0.15, 0.2) is 0 Å². The molecule has 2 N–H and O–H groups in total. The second-order valence-corrected chi connectivity index (χ2v) is 12.2. The van der Waals surface area contributed by atoms with Gasteiger partial charge in [0, 0.05) is 19.3 Å². The van der Waals surface area contributed by atoms with E-state index in [2.05, 4.69) is 34.6 Å². The van der Waals surface area contributed by atoms with Crippen LogP contribution in [0.25, 0.3) is 0 Å². The zero-order valence-electron chi connectivity index (χ0n) is 20.6. The van der Waals surface area contributed by atoms with Gasteiger partial charge < -0.3 is 10.5 Å². The highest BCUT2D eigenvalue weighted by atomic mass is 16.5. The first kappa shape index (κ1) is 23.6. The van der Waals surface area contributed by atoms with Crippen LogP contribution in [0.4, 0.5) is 0 Å². The summed E-state index contributed by atoms with van der Waals surface area (Å²) in [6.07, 6.45) is 16.5. The fourth-order valence-electron chi connectivity index (χ4n) is 8.80. The Morgan fingerprint density at radius 2 is 1.83 bits per heavy atom. The van der Waals surface area contributed by atoms with Crippen molar-refractivity contribution in [2.24, 2.45) is 46.2 Å². The smallest absolute Gasteiger partial charge is 0.0464 e. The molecule has 3 fully saturated rings. The maximum absolute atomic E-state index is 7.15. The van der Waals surface area contributed by atoms with E-state index in [4.69, 9.17) is 10.5 Å². The second-order valence-electron chi connectivity index (χ2n) is 12.2. The zero-order valence-corrected chi connectivity index (χ0v) is 20.6. The lowest BCUT2D eigenvalue weighted by molar-refractivity contribution is -0.0876. The van der Waals surface area contributed by atoms with E-state index in [1.54, 1.807) is 0 Å². The molecule has 0 spiro atoms. The zero-order chi connectivity index (χ0) is 21.3. The Morgan fingerprint density at radius 3 is 2.52 bits per heavy atom. The van der Waals surface area contributed by atoms with E-state index in [-0.39, 0.29) is 5.54 Å². The molecular formula is C27H51NO. The molecule has 170 valence electrons. The molecule has 0 heterocycles. The monoisotopic (exact) mass is 405 g/mol. The third-order valence-corrected chi connectivity index (χ3v) is 10.3. The molecule has 2 nitrogen and oxygen atoms in total. The molecule has 2 heteroatoms. The van der Waals surface area contributed by atoms with Crippen LogP contribution in [-0.4, -0.2) is 19.3 Å². The summed E-state index contributed by atoms with van der Waals surface area (Å²) in [5.41, 5.74) is 8.13. The fourth-order valence-corrected chi connectivity index (χ4v) is 8.80. The summed E-state index contributed by atoms with van der Waals surface area (Å²) in [4.78, 5) is 0. The van der Waals surface area contributed by atoms with E-state index in [0.29, 0.717) is 16.7 Å². The Bertz CT molecular complexity index is 531. The van der Waals surface area contributed by atoms with E-state index in [9.17, 15) is 0 Å². The first-order valence-corrected chi connectivity index (χ1v) is 13.0. The maximum atomic E-state index is 7.15. The standard InChI is InChI=1S/C27H51NO/c1-7-21-19-27(5,28)24(26(4)16-9-8-11-23(21)26)13-17-25(3)15-10-12-22(25)20(2)14-18-29-6/h20-24H,7-19,28H2,1-6H3/t20-,21+,22?,23?,24?,25?,26?,27?/m1/s1. The largest absolute Gasteiger partial charge is 0.385 e. The number of ether oxygens (including phenoxy) is 1. The number of nitrogens with two attached hydrogens (primary N) is 1. The average molecular weight is 406 g/mol. The average Bonchev–Trinajstić information content (AvgIpc) is 3.05. The molecule has 3 rings (SSSR count). The molecule has 29 heavy (non-hydrogen) atoms. The van der Waals surface area contributed by atoms with Crippen LogP contribution in [0.5, 0.6) is 0 Å². The molecule has 8 atom stereocenters. The van der Waals surface area contributed by atoms with Crippen LogP contribution in [-0.2, 0) is 4.74 Å². The van der Waals surface area contributed by atoms with Crippen LogP contribution in [0, 0.1) is 40.4 Å². The molecule has 6 unspecified atom stereocenters. The second kappa shape index (κ2) is 9.19. The van der Waals surface area contributed by atoms with Gasteiger partial charge in [-0.25, -0.2) is 0 Å². The Morgan fingerprint density at radius 1 is 1.07 bits per heavy atom. The topological polar surface area (TPSA) is 35.2 Å². The van der Waals surface area contributed by atoms with Gasteiger partial charge in [0.05, 0.1) is 0 Å². The summed E-state index contributed by atoms with van der Waals surface area (Å²) in [6, 6.07) is 0. The molecule has 0 radical (unpaired) electrons. The molecule has 0 aliphatic heterocycles. The van der Waals surface area contributed by atoms with Crippen molar-refractivity contribution in [2.75, 3.05) is 13.7 Å². The van der Waals surface area contributed by atoms with Crippen molar-refractivity contribution in [3.63, 3.8) is 0 Å². The molecule has 0 aromatic heterocycles. The van der Waals surface area contributed by atoms with Gasteiger partial charge in [-0.2, -0.15) is 0 Å². The van der Waals surface area contributed by atoms with E-state index >= 15 is 0 Å². The molecule has 3 aliphatic carbocycles. The third kappa shape index (κ3) is 4.59. The molecule has 0 saturated heterocycles. The van der Waals surface area contributed by atoms with E-state index in [1.807, 2.05) is 7.11 Å². The summed E-state index contributed by atoms with van der Waals surface area (Å²) in [5, 5.41) is 0. The van der Waals surface area contributed by atoms with Gasteiger partial charge in [0.25, 0.3) is 0 Å². The molecule has 3 saturated carbocycles. The fraction of sp³-hybridized carbons (Fsp3) is 1.00. The molecule has 0 bridgehead atoms. The van der Waals surface area contributed by atoms with E-state index in [1.165, 1.54) is 77.0 Å². The number of rotatable bonds is 8. The summed E-state index contributed by atoms with van der Waals surface area (Å²) in [7, 11) is 1.84. The minimum absolute atomic E-state index is 0.00932. The van der Waals surface area contributed by atoms with Crippen LogP contribution in [0.3, 0.4) is 0 Å². The maximum Gasteiger partial charge on any atom is 0.0464 e. The van der Waals surface area contributed by atoms with Crippen molar-refractivity contribution in [1.82, 2.24) is 0 Å². The lowest BCUT2D eigenvalue weighted by Gasteiger charge is -2.60. The van der Waals surface area contributed by atoms with Crippen molar-refractivity contribution >= 4 is 0 Å². The van der Waals surface area contributed by atoms with Crippen LogP contribution >= 0.6 is 0 Å². The predicted molar refractivity (Wildman–Crippen MR) is 125 cm³/mol. The number of hydrogen-bond acceptors (Lipinski definition) is 2. The minimum atomic E-state index is 0.00932. The molecule has 0 aromatic carbocycles. The van der Waals surface area contributed by atoms with Crippen LogP contribution in [0.1, 0.15) is 112 Å². The lowest BCUT2D eigenvalue weighted by atomic mass is 9.46. The van der Waals surface area contributed by atoms with Gasteiger partial charge in [-0.3, -0.25) is 0 Å². The van der Waals surface area contributed by atoms with E-state index in [0.717, 1.165) is 30.3 Å². The van der Waals surface area contributed by atoms with Gasteiger partial charge in [-0.15, -0.1) is 0 Å². The summed E-state index contributed by atoms with van der Waals surface area (Å²) < 4.78 is 5.40. The van der Waals surface area contributed by atoms with Crippen molar-refractivity contribution < 1.29 is 4.74 Å². The number of methoxy groups -OCH3 is 1. The minimum Gasteiger partial charge on any atom is -0.385 e. The summed E-state index contributed by atoms with van der Waals surface area (Å²) >= 11 is 0. The lowest BCUT2D eigenvalue weighted by Crippen LogP contribution is -2.61. The highest BCUT2D eigenvalue weighted by Gasteiger charge is 2.56. The molecule has 3 aliphatic rings. The van der Waals surface area contributed by atoms with Crippen molar-refractivity contribution in [3.8, 4) is 0 Å². The molecule has 0 amide bonds. The highest BCUT2D eigenvalue weighted by molar-refractivity contribution is 5.08. The first-order chi connectivity index (χ1) is 13.7. The van der Waals surface area contributed by atoms with Gasteiger partial charge in [0.2, 0.25) is 0 Å². The third-order valence-electron chi connectivity index (χ3n) is 10.3. The Kier molecular flexibility index (Phi) is 7.47. The SMILES string of the molecule is CC[C@H]1CC(C)(N)C(CCC2(C)CCCC2[C@H](C)CCOC)C2(C)CCCCC12. The van der Waals surface area contributed by atoms with Crippen molar-refractivity contribution in [3.05, 3.63) is 0 Å². The van der Waals surface area contributed by atoms with Crippen molar-refractivity contribution in [1.29, 1.82) is 0 Å². The Hall–Kier alpha value is -0.0800. The van der Waals surface area contributed by atoms with Gasteiger partial charge in [-0.1, -0.05) is 53.4 Å². The molecular weight excluding hydrogens is 354 g/mol. The van der Waals surface area contributed by atoms with Crippen LogP contribution in [0.2, 0.25) is 0 Å². The summed E-state index contributed by atoms with van der Waals surface area (Å²) in [6.45, 7) is 13.5. The Balaban J connectivity index is 1.75. The normalized spacial score (nSPS) is 46.4. The highest BCUT2D eigenvalue weighted by Crippen LogP contribution is 2.61. The van der Waals surface area contributed by atoms with Gasteiger partial charge in [-0.05, 0) is 98.7 Å². The number of fused-ring (bicyclic) bond motifs is 1. The van der Waals surface area contributed by atoms with E-state index < -0.39 is 0 Å². The van der Waals surface area contributed by atoms with Gasteiger partial charge >= 0.3 is 0 Å². The Labute approximate surface area is 182 Å². The van der Waals surface area contributed by atoms with Crippen LogP contribution < -0.4 is 5.73 Å². The first-order valence-electron chi connectivity index (χ1n) is 13.0. The van der Waals surface area contributed by atoms with Gasteiger partial charge in [0.15, 0.2) is 0 Å². The predicted octanol–water partition coefficient (Wildman–Crippen LogP) is 7.21. The number of hydrogen-bond donors (Lipinski definition) is 1. The molecule has 0 aromatic rings. The quantitative estimate of drug-likeness (QED) is 0.463. The van der Waals surface area contributed by atoms with Gasteiger partial charge in [0.1, 0.15) is 0 Å². The van der Waals surface area contributed by atoms with Crippen molar-refractivity contribution in [2.45, 2.75) is 117 Å².